The van der Waals surface area contributed by atoms with Crippen LogP contribution in [0.25, 0.3) is 0 Å². The first-order valence-electron chi connectivity index (χ1n) is 7.16. The smallest absolute Gasteiger partial charge is 0.306 e. The molecule has 2 heterocycles. The molecule has 2 unspecified atom stereocenters. The molecule has 4 nitrogen and oxygen atoms in total. The second kappa shape index (κ2) is 6.02. The topological polar surface area (TPSA) is 49.8 Å². The van der Waals surface area contributed by atoms with Gasteiger partial charge in [-0.2, -0.15) is 0 Å². The van der Waals surface area contributed by atoms with Crippen molar-refractivity contribution in [3.63, 3.8) is 0 Å². The van der Waals surface area contributed by atoms with Gasteiger partial charge in [-0.15, -0.1) is 0 Å². The molecular weight excluding hydrogens is 230 g/mol. The van der Waals surface area contributed by atoms with Gasteiger partial charge >= 0.3 is 5.97 Å². The number of hydrogen-bond donors (Lipinski definition) is 1. The summed E-state index contributed by atoms with van der Waals surface area (Å²) in [5, 5.41) is 9.01. The van der Waals surface area contributed by atoms with E-state index in [9.17, 15) is 4.79 Å². The number of carboxylic acids is 1. The summed E-state index contributed by atoms with van der Waals surface area (Å²) in [5.74, 6) is -0.173. The lowest BCUT2D eigenvalue weighted by Crippen LogP contribution is -2.47. The minimum Gasteiger partial charge on any atom is -0.481 e. The second-order valence-electron chi connectivity index (χ2n) is 5.98. The van der Waals surface area contributed by atoms with E-state index in [1.807, 2.05) is 0 Å². The summed E-state index contributed by atoms with van der Waals surface area (Å²) in [7, 11) is 0. The maximum Gasteiger partial charge on any atom is 0.306 e. The van der Waals surface area contributed by atoms with Crippen LogP contribution in [0.3, 0.4) is 0 Å². The van der Waals surface area contributed by atoms with Gasteiger partial charge in [-0.3, -0.25) is 4.79 Å². The highest BCUT2D eigenvalue weighted by molar-refractivity contribution is 5.70. The van der Waals surface area contributed by atoms with Crippen molar-refractivity contribution in [2.45, 2.75) is 51.7 Å². The third-order valence-electron chi connectivity index (χ3n) is 4.43. The molecule has 0 aromatic carbocycles. The Kier molecular flexibility index (Phi) is 4.62. The lowest BCUT2D eigenvalue weighted by molar-refractivity contribution is -0.143. The van der Waals surface area contributed by atoms with E-state index in [2.05, 4.69) is 18.7 Å². The van der Waals surface area contributed by atoms with Crippen molar-refractivity contribution in [3.05, 3.63) is 0 Å². The van der Waals surface area contributed by atoms with Crippen molar-refractivity contribution in [1.82, 2.24) is 4.90 Å². The van der Waals surface area contributed by atoms with Crippen molar-refractivity contribution in [2.75, 3.05) is 19.7 Å². The summed E-state index contributed by atoms with van der Waals surface area (Å²) >= 11 is 0. The Labute approximate surface area is 109 Å². The first kappa shape index (κ1) is 13.8. The van der Waals surface area contributed by atoms with Crippen LogP contribution >= 0.6 is 0 Å². The number of likely N-dealkylation sites (tertiary alicyclic amines) is 1. The normalized spacial score (nSPS) is 31.7. The van der Waals surface area contributed by atoms with Gasteiger partial charge in [-0.1, -0.05) is 13.8 Å². The van der Waals surface area contributed by atoms with Gasteiger partial charge in [-0.05, 0) is 44.7 Å². The van der Waals surface area contributed by atoms with Crippen LogP contribution in [0.5, 0.6) is 0 Å². The SMILES string of the molecule is CC(C)C1CC(N2CCC(C(=O)O)CC2)CCO1. The number of nitrogens with zero attached hydrogens (tertiary/aromatic N) is 1. The highest BCUT2D eigenvalue weighted by atomic mass is 16.5. The number of piperidine rings is 1. The zero-order chi connectivity index (χ0) is 13.1. The molecule has 2 aliphatic heterocycles. The van der Waals surface area contributed by atoms with Gasteiger partial charge in [0.2, 0.25) is 0 Å². The average Bonchev–Trinajstić information content (AvgIpc) is 2.39. The average molecular weight is 255 g/mol. The van der Waals surface area contributed by atoms with Gasteiger partial charge < -0.3 is 14.7 Å². The zero-order valence-corrected chi connectivity index (χ0v) is 11.5. The summed E-state index contributed by atoms with van der Waals surface area (Å²) in [6, 6.07) is 0.598. The minimum atomic E-state index is -0.623. The standard InChI is InChI=1S/C14H25NO3/c1-10(2)13-9-12(5-8-18-13)15-6-3-11(4-7-15)14(16)17/h10-13H,3-9H2,1-2H3,(H,16,17). The van der Waals surface area contributed by atoms with Crippen molar-refractivity contribution >= 4 is 5.97 Å². The maximum atomic E-state index is 10.9. The van der Waals surface area contributed by atoms with Crippen LogP contribution in [-0.2, 0) is 9.53 Å². The van der Waals surface area contributed by atoms with E-state index in [1.54, 1.807) is 0 Å². The molecule has 0 aromatic rings. The lowest BCUT2D eigenvalue weighted by atomic mass is 9.91. The number of aliphatic carboxylic acids is 1. The number of rotatable bonds is 3. The summed E-state index contributed by atoms with van der Waals surface area (Å²) in [6.07, 6.45) is 4.19. The summed E-state index contributed by atoms with van der Waals surface area (Å²) in [5.41, 5.74) is 0. The van der Waals surface area contributed by atoms with Crippen LogP contribution in [0.2, 0.25) is 0 Å². The van der Waals surface area contributed by atoms with Crippen molar-refractivity contribution in [3.8, 4) is 0 Å². The van der Waals surface area contributed by atoms with Gasteiger partial charge in [0, 0.05) is 12.6 Å². The van der Waals surface area contributed by atoms with E-state index in [1.165, 1.54) is 0 Å². The van der Waals surface area contributed by atoms with Crippen LogP contribution in [0.4, 0.5) is 0 Å². The molecule has 18 heavy (non-hydrogen) atoms. The predicted octanol–water partition coefficient (Wildman–Crippen LogP) is 1.99. The van der Waals surface area contributed by atoms with E-state index in [-0.39, 0.29) is 5.92 Å². The summed E-state index contributed by atoms with van der Waals surface area (Å²) in [6.45, 7) is 7.15. The first-order valence-corrected chi connectivity index (χ1v) is 7.16. The number of carbonyl (C=O) groups is 1. The van der Waals surface area contributed by atoms with Crippen molar-refractivity contribution in [2.24, 2.45) is 11.8 Å². The van der Waals surface area contributed by atoms with Crippen LogP contribution in [0.15, 0.2) is 0 Å². The quantitative estimate of drug-likeness (QED) is 0.838. The minimum absolute atomic E-state index is 0.123. The molecule has 2 rings (SSSR count). The molecule has 2 aliphatic rings. The monoisotopic (exact) mass is 255 g/mol. The molecule has 0 saturated carbocycles. The Morgan fingerprint density at radius 1 is 1.28 bits per heavy atom. The molecular formula is C14H25NO3. The fourth-order valence-electron chi connectivity index (χ4n) is 3.12. The van der Waals surface area contributed by atoms with Crippen molar-refractivity contribution < 1.29 is 14.6 Å². The molecule has 4 heteroatoms. The fourth-order valence-corrected chi connectivity index (χ4v) is 3.12. The number of hydrogen-bond acceptors (Lipinski definition) is 3. The molecule has 0 spiro atoms. The highest BCUT2D eigenvalue weighted by Crippen LogP contribution is 2.27. The van der Waals surface area contributed by atoms with E-state index < -0.39 is 5.97 Å². The molecule has 0 bridgehead atoms. The maximum absolute atomic E-state index is 10.9. The Balaban J connectivity index is 1.84. The molecule has 0 aliphatic carbocycles. The van der Waals surface area contributed by atoms with Crippen molar-refractivity contribution in [1.29, 1.82) is 0 Å². The Morgan fingerprint density at radius 2 is 1.94 bits per heavy atom. The molecule has 2 fully saturated rings. The van der Waals surface area contributed by atoms with Gasteiger partial charge in [0.1, 0.15) is 0 Å². The number of ether oxygens (including phenoxy) is 1. The zero-order valence-electron chi connectivity index (χ0n) is 11.5. The van der Waals surface area contributed by atoms with Crippen LogP contribution in [-0.4, -0.2) is 47.8 Å². The van der Waals surface area contributed by atoms with Gasteiger partial charge in [0.25, 0.3) is 0 Å². The molecule has 0 amide bonds. The van der Waals surface area contributed by atoms with Crippen LogP contribution < -0.4 is 0 Å². The Bertz CT molecular complexity index is 285. The molecule has 2 atom stereocenters. The fraction of sp³-hybridized carbons (Fsp3) is 0.929. The van der Waals surface area contributed by atoms with Gasteiger partial charge in [0.05, 0.1) is 12.0 Å². The van der Waals surface area contributed by atoms with E-state index in [4.69, 9.17) is 9.84 Å². The Morgan fingerprint density at radius 3 is 2.50 bits per heavy atom. The largest absolute Gasteiger partial charge is 0.481 e. The lowest BCUT2D eigenvalue weighted by Gasteiger charge is -2.41. The molecule has 0 radical (unpaired) electrons. The first-order chi connectivity index (χ1) is 8.58. The molecule has 2 saturated heterocycles. The summed E-state index contributed by atoms with van der Waals surface area (Å²) < 4.78 is 5.80. The predicted molar refractivity (Wildman–Crippen MR) is 69.5 cm³/mol. The van der Waals surface area contributed by atoms with E-state index in [0.717, 1.165) is 45.4 Å². The van der Waals surface area contributed by atoms with E-state index >= 15 is 0 Å². The molecule has 0 aromatic heterocycles. The molecule has 104 valence electrons. The van der Waals surface area contributed by atoms with Gasteiger partial charge in [0.15, 0.2) is 0 Å². The number of carboxylic acid groups (broad SMARTS) is 1. The van der Waals surface area contributed by atoms with Crippen LogP contribution in [0, 0.1) is 11.8 Å². The van der Waals surface area contributed by atoms with E-state index in [0.29, 0.717) is 18.1 Å². The van der Waals surface area contributed by atoms with Gasteiger partial charge in [-0.25, -0.2) is 0 Å². The third kappa shape index (κ3) is 3.23. The third-order valence-corrected chi connectivity index (χ3v) is 4.43. The summed E-state index contributed by atoms with van der Waals surface area (Å²) in [4.78, 5) is 13.4. The Hall–Kier alpha value is -0.610. The van der Waals surface area contributed by atoms with Crippen LogP contribution in [0.1, 0.15) is 39.5 Å². The second-order valence-corrected chi connectivity index (χ2v) is 5.98. The highest BCUT2D eigenvalue weighted by Gasteiger charge is 2.32. The molecule has 1 N–H and O–H groups in total.